The molecule has 0 aliphatic rings. The number of hydrogen-bond donors (Lipinski definition) is 1. The van der Waals surface area contributed by atoms with E-state index in [-0.39, 0.29) is 17.3 Å². The number of rotatable bonds is 6. The van der Waals surface area contributed by atoms with Crippen molar-refractivity contribution >= 4 is 11.8 Å². The van der Waals surface area contributed by atoms with E-state index in [1.54, 1.807) is 24.3 Å². The van der Waals surface area contributed by atoms with E-state index in [0.29, 0.717) is 18.8 Å². The van der Waals surface area contributed by atoms with Gasteiger partial charge in [-0.15, -0.1) is 0 Å². The van der Waals surface area contributed by atoms with Gasteiger partial charge in [0.1, 0.15) is 5.78 Å². The highest BCUT2D eigenvalue weighted by molar-refractivity contribution is 5.87. The summed E-state index contributed by atoms with van der Waals surface area (Å²) in [6.07, 6.45) is 1.13. The SMILES string of the molecule is CC(C)CC(=O)CC(C)c1ccc(C(=O)O)cc1. The molecule has 1 atom stereocenters. The fourth-order valence-corrected chi connectivity index (χ4v) is 1.95. The first kappa shape index (κ1) is 14.4. The van der Waals surface area contributed by atoms with E-state index in [0.717, 1.165) is 5.56 Å². The molecule has 1 unspecified atom stereocenters. The van der Waals surface area contributed by atoms with Crippen molar-refractivity contribution in [2.24, 2.45) is 5.92 Å². The number of hydrogen-bond acceptors (Lipinski definition) is 2. The van der Waals surface area contributed by atoms with E-state index in [1.165, 1.54) is 0 Å². The second kappa shape index (κ2) is 6.34. The van der Waals surface area contributed by atoms with E-state index in [1.807, 2.05) is 20.8 Å². The molecule has 1 rings (SSSR count). The van der Waals surface area contributed by atoms with Crippen LogP contribution >= 0.6 is 0 Å². The molecule has 0 amide bonds. The van der Waals surface area contributed by atoms with Crippen molar-refractivity contribution in [3.63, 3.8) is 0 Å². The van der Waals surface area contributed by atoms with Gasteiger partial charge in [-0.2, -0.15) is 0 Å². The van der Waals surface area contributed by atoms with Gasteiger partial charge in [0.25, 0.3) is 0 Å². The summed E-state index contributed by atoms with van der Waals surface area (Å²) in [5.41, 5.74) is 1.29. The Kier molecular flexibility index (Phi) is 5.08. The van der Waals surface area contributed by atoms with E-state index >= 15 is 0 Å². The molecule has 3 nitrogen and oxygen atoms in total. The maximum Gasteiger partial charge on any atom is 0.335 e. The van der Waals surface area contributed by atoms with Crippen LogP contribution in [0.1, 0.15) is 55.5 Å². The van der Waals surface area contributed by atoms with E-state index in [4.69, 9.17) is 5.11 Å². The second-order valence-electron chi connectivity index (χ2n) is 5.17. The van der Waals surface area contributed by atoms with Crippen molar-refractivity contribution < 1.29 is 14.7 Å². The predicted octanol–water partition coefficient (Wildman–Crippen LogP) is 3.49. The Morgan fingerprint density at radius 3 is 2.06 bits per heavy atom. The first-order valence-electron chi connectivity index (χ1n) is 6.25. The molecule has 18 heavy (non-hydrogen) atoms. The number of carbonyl (C=O) groups is 2. The van der Waals surface area contributed by atoms with Crippen LogP contribution in [0.15, 0.2) is 24.3 Å². The first-order valence-corrected chi connectivity index (χ1v) is 6.25. The summed E-state index contributed by atoms with van der Waals surface area (Å²) in [5, 5.41) is 8.80. The lowest BCUT2D eigenvalue weighted by Crippen LogP contribution is -2.07. The number of ketones is 1. The predicted molar refractivity (Wildman–Crippen MR) is 70.9 cm³/mol. The highest BCUT2D eigenvalue weighted by atomic mass is 16.4. The maximum absolute atomic E-state index is 11.7. The van der Waals surface area contributed by atoms with Gasteiger partial charge in [-0.1, -0.05) is 32.9 Å². The Labute approximate surface area is 108 Å². The average molecular weight is 248 g/mol. The Balaban J connectivity index is 2.64. The number of carbonyl (C=O) groups excluding carboxylic acids is 1. The van der Waals surface area contributed by atoms with Crippen molar-refractivity contribution in [1.82, 2.24) is 0 Å². The molecule has 0 saturated heterocycles. The van der Waals surface area contributed by atoms with Gasteiger partial charge >= 0.3 is 5.97 Å². The van der Waals surface area contributed by atoms with Crippen LogP contribution in [0.2, 0.25) is 0 Å². The van der Waals surface area contributed by atoms with Crippen LogP contribution < -0.4 is 0 Å². The molecule has 0 radical (unpaired) electrons. The highest BCUT2D eigenvalue weighted by Crippen LogP contribution is 2.21. The third kappa shape index (κ3) is 4.32. The molecule has 1 aromatic rings. The van der Waals surface area contributed by atoms with Crippen LogP contribution in [0.5, 0.6) is 0 Å². The largest absolute Gasteiger partial charge is 0.478 e. The molecule has 3 heteroatoms. The third-order valence-electron chi connectivity index (χ3n) is 2.90. The van der Waals surface area contributed by atoms with Gasteiger partial charge in [0, 0.05) is 12.8 Å². The van der Waals surface area contributed by atoms with Gasteiger partial charge in [0.15, 0.2) is 0 Å². The minimum atomic E-state index is -0.926. The fourth-order valence-electron chi connectivity index (χ4n) is 1.95. The first-order chi connectivity index (χ1) is 8.40. The zero-order valence-corrected chi connectivity index (χ0v) is 11.1. The van der Waals surface area contributed by atoms with Crippen molar-refractivity contribution in [3.8, 4) is 0 Å². The van der Waals surface area contributed by atoms with Crippen molar-refractivity contribution in [2.45, 2.75) is 39.5 Å². The lowest BCUT2D eigenvalue weighted by molar-refractivity contribution is -0.120. The standard InChI is InChI=1S/C15H20O3/c1-10(2)8-14(16)9-11(3)12-4-6-13(7-5-12)15(17)18/h4-7,10-11H,8-9H2,1-3H3,(H,17,18). The van der Waals surface area contributed by atoms with Crippen molar-refractivity contribution in [3.05, 3.63) is 35.4 Å². The summed E-state index contributed by atoms with van der Waals surface area (Å²) < 4.78 is 0. The Hall–Kier alpha value is -1.64. The lowest BCUT2D eigenvalue weighted by atomic mass is 9.92. The van der Waals surface area contributed by atoms with Crippen LogP contribution in [0.4, 0.5) is 0 Å². The maximum atomic E-state index is 11.7. The molecule has 0 spiro atoms. The number of carboxylic acid groups (broad SMARTS) is 1. The van der Waals surface area contributed by atoms with Gasteiger partial charge in [-0.05, 0) is 29.5 Å². The summed E-state index contributed by atoms with van der Waals surface area (Å²) in [4.78, 5) is 22.4. The van der Waals surface area contributed by atoms with E-state index in [9.17, 15) is 9.59 Å². The minimum Gasteiger partial charge on any atom is -0.478 e. The van der Waals surface area contributed by atoms with E-state index < -0.39 is 5.97 Å². The van der Waals surface area contributed by atoms with Crippen LogP contribution in [0.3, 0.4) is 0 Å². The van der Waals surface area contributed by atoms with Crippen molar-refractivity contribution in [2.75, 3.05) is 0 Å². The molecule has 0 aliphatic heterocycles. The molecule has 0 fully saturated rings. The minimum absolute atomic E-state index is 0.138. The topological polar surface area (TPSA) is 54.4 Å². The van der Waals surface area contributed by atoms with Crippen LogP contribution in [-0.4, -0.2) is 16.9 Å². The summed E-state index contributed by atoms with van der Waals surface area (Å²) >= 11 is 0. The number of carboxylic acids is 1. The van der Waals surface area contributed by atoms with Crippen LogP contribution in [0.25, 0.3) is 0 Å². The van der Waals surface area contributed by atoms with Crippen LogP contribution in [0, 0.1) is 5.92 Å². The van der Waals surface area contributed by atoms with Gasteiger partial charge < -0.3 is 5.11 Å². The third-order valence-corrected chi connectivity index (χ3v) is 2.90. The molecule has 1 N–H and O–H groups in total. The Morgan fingerprint density at radius 1 is 1.06 bits per heavy atom. The highest BCUT2D eigenvalue weighted by Gasteiger charge is 2.13. The summed E-state index contributed by atoms with van der Waals surface area (Å²) in [5.74, 6) is -0.136. The zero-order chi connectivity index (χ0) is 13.7. The van der Waals surface area contributed by atoms with Crippen molar-refractivity contribution in [1.29, 1.82) is 0 Å². The smallest absolute Gasteiger partial charge is 0.335 e. The molecular weight excluding hydrogens is 228 g/mol. The number of Topliss-reactive ketones (excluding diaryl/α,β-unsaturated/α-hetero) is 1. The molecule has 0 heterocycles. The molecular formula is C15H20O3. The summed E-state index contributed by atoms with van der Waals surface area (Å²) in [6.45, 7) is 6.06. The molecule has 0 saturated carbocycles. The molecule has 0 bridgehead atoms. The molecule has 0 aliphatic carbocycles. The van der Waals surface area contributed by atoms with Gasteiger partial charge in [-0.25, -0.2) is 4.79 Å². The molecule has 98 valence electrons. The van der Waals surface area contributed by atoms with Gasteiger partial charge in [-0.3, -0.25) is 4.79 Å². The Bertz CT molecular complexity index is 418. The normalized spacial score (nSPS) is 12.4. The Morgan fingerprint density at radius 2 is 1.61 bits per heavy atom. The summed E-state index contributed by atoms with van der Waals surface area (Å²) in [6, 6.07) is 6.75. The number of aromatic carboxylic acids is 1. The number of benzene rings is 1. The second-order valence-corrected chi connectivity index (χ2v) is 5.17. The van der Waals surface area contributed by atoms with Gasteiger partial charge in [0.05, 0.1) is 5.56 Å². The fraction of sp³-hybridized carbons (Fsp3) is 0.467. The average Bonchev–Trinajstić information content (AvgIpc) is 2.27. The van der Waals surface area contributed by atoms with E-state index in [2.05, 4.69) is 0 Å². The summed E-state index contributed by atoms with van der Waals surface area (Å²) in [7, 11) is 0. The molecule has 0 aromatic heterocycles. The zero-order valence-electron chi connectivity index (χ0n) is 11.1. The van der Waals surface area contributed by atoms with Gasteiger partial charge in [0.2, 0.25) is 0 Å². The monoisotopic (exact) mass is 248 g/mol. The quantitative estimate of drug-likeness (QED) is 0.838. The lowest BCUT2D eigenvalue weighted by Gasteiger charge is -2.12. The molecule has 1 aromatic carbocycles. The van der Waals surface area contributed by atoms with Crippen LogP contribution in [-0.2, 0) is 4.79 Å².